The van der Waals surface area contributed by atoms with E-state index in [2.05, 4.69) is 30.9 Å². The first-order valence-electron chi connectivity index (χ1n) is 10.9. The van der Waals surface area contributed by atoms with Gasteiger partial charge in [-0.25, -0.2) is 14.4 Å². The summed E-state index contributed by atoms with van der Waals surface area (Å²) in [5.74, 6) is -0.796. The zero-order valence-corrected chi connectivity index (χ0v) is 18.0. The van der Waals surface area contributed by atoms with Crippen LogP contribution in [0, 0.1) is 11.7 Å². The average molecular weight is 449 g/mol. The fraction of sp³-hybridized carbons (Fsp3) is 0.292. The number of carbonyl (C=O) groups excluding carboxylic acids is 2. The summed E-state index contributed by atoms with van der Waals surface area (Å²) in [5.41, 5.74) is 1.64. The van der Waals surface area contributed by atoms with E-state index >= 15 is 0 Å². The number of halogens is 1. The van der Waals surface area contributed by atoms with Gasteiger partial charge in [-0.1, -0.05) is 31.7 Å². The third-order valence-corrected chi connectivity index (χ3v) is 5.67. The van der Waals surface area contributed by atoms with Gasteiger partial charge in [0, 0.05) is 17.4 Å². The van der Waals surface area contributed by atoms with Gasteiger partial charge in [0.25, 0.3) is 5.91 Å². The number of anilines is 3. The van der Waals surface area contributed by atoms with Gasteiger partial charge in [0.15, 0.2) is 5.82 Å². The van der Waals surface area contributed by atoms with Crippen LogP contribution in [0.4, 0.5) is 21.5 Å². The molecule has 1 atom stereocenters. The van der Waals surface area contributed by atoms with Gasteiger partial charge < -0.3 is 16.0 Å². The van der Waals surface area contributed by atoms with Crippen LogP contribution in [0.2, 0.25) is 0 Å². The molecule has 1 saturated carbocycles. The first-order chi connectivity index (χ1) is 16.1. The molecule has 2 aromatic heterocycles. The van der Waals surface area contributed by atoms with E-state index in [1.807, 2.05) is 0 Å². The molecule has 2 amide bonds. The minimum Gasteiger partial charge on any atom is -0.353 e. The largest absolute Gasteiger partial charge is 0.353 e. The Balaban J connectivity index is 1.47. The van der Waals surface area contributed by atoms with Crippen molar-refractivity contribution in [3.05, 3.63) is 72.8 Å². The Hall–Kier alpha value is -3.88. The maximum atomic E-state index is 13.9. The van der Waals surface area contributed by atoms with Gasteiger partial charge in [-0.2, -0.15) is 0 Å². The summed E-state index contributed by atoms with van der Waals surface area (Å²) in [5, 5.41) is 8.61. The number of amides is 2. The third kappa shape index (κ3) is 6.09. The van der Waals surface area contributed by atoms with Gasteiger partial charge >= 0.3 is 0 Å². The summed E-state index contributed by atoms with van der Waals surface area (Å²) in [6.07, 6.45) is 11.9. The fourth-order valence-corrected chi connectivity index (χ4v) is 4.02. The average Bonchev–Trinajstić information content (AvgIpc) is 3.34. The maximum Gasteiger partial charge on any atom is 0.252 e. The monoisotopic (exact) mass is 448 g/mol. The van der Waals surface area contributed by atoms with Gasteiger partial charge in [0.05, 0.1) is 30.0 Å². The lowest BCUT2D eigenvalue weighted by Gasteiger charge is -2.21. The molecular formula is C24H25FN6O2. The number of pyridine rings is 1. The number of nitrogens with zero attached hydrogens (tertiary/aromatic N) is 3. The Morgan fingerprint density at radius 2 is 1.82 bits per heavy atom. The molecule has 33 heavy (non-hydrogen) atoms. The van der Waals surface area contributed by atoms with Crippen molar-refractivity contribution in [1.29, 1.82) is 0 Å². The molecule has 8 nitrogen and oxygen atoms in total. The van der Waals surface area contributed by atoms with Crippen molar-refractivity contribution in [3.63, 3.8) is 0 Å². The number of nitrogens with one attached hydrogen (secondary N) is 3. The van der Waals surface area contributed by atoms with E-state index in [-0.39, 0.29) is 17.5 Å². The zero-order chi connectivity index (χ0) is 23.0. The molecule has 1 unspecified atom stereocenters. The molecule has 0 radical (unpaired) electrons. The summed E-state index contributed by atoms with van der Waals surface area (Å²) in [6, 6.07) is 7.51. The molecular weight excluding hydrogens is 423 g/mol. The topological polar surface area (TPSA) is 109 Å². The first-order valence-corrected chi connectivity index (χ1v) is 10.9. The molecule has 0 saturated heterocycles. The molecule has 1 fully saturated rings. The quantitative estimate of drug-likeness (QED) is 0.479. The van der Waals surface area contributed by atoms with Crippen molar-refractivity contribution in [2.45, 2.75) is 38.1 Å². The molecule has 4 rings (SSSR count). The van der Waals surface area contributed by atoms with Crippen molar-refractivity contribution in [1.82, 2.24) is 20.3 Å². The molecule has 3 aromatic rings. The van der Waals surface area contributed by atoms with Crippen molar-refractivity contribution >= 4 is 28.9 Å². The van der Waals surface area contributed by atoms with E-state index in [1.54, 1.807) is 24.3 Å². The van der Waals surface area contributed by atoms with Gasteiger partial charge in [-0.3, -0.25) is 14.6 Å². The van der Waals surface area contributed by atoms with Gasteiger partial charge in [-0.05, 0) is 36.6 Å². The van der Waals surface area contributed by atoms with E-state index in [0.717, 1.165) is 31.9 Å². The highest BCUT2D eigenvalue weighted by Gasteiger charge is 2.27. The number of benzene rings is 1. The number of aromatic nitrogens is 3. The molecule has 2 heterocycles. The number of hydrogen-bond acceptors (Lipinski definition) is 6. The van der Waals surface area contributed by atoms with Crippen LogP contribution in [0.15, 0.2) is 61.4 Å². The van der Waals surface area contributed by atoms with Gasteiger partial charge in [-0.15, -0.1) is 0 Å². The van der Waals surface area contributed by atoms with Gasteiger partial charge in [0.2, 0.25) is 5.91 Å². The maximum absolute atomic E-state index is 13.9. The first kappa shape index (κ1) is 22.3. The second-order valence-corrected chi connectivity index (χ2v) is 8.09. The van der Waals surface area contributed by atoms with E-state index in [0.29, 0.717) is 29.3 Å². The predicted molar refractivity (Wildman–Crippen MR) is 122 cm³/mol. The summed E-state index contributed by atoms with van der Waals surface area (Å²) in [6.45, 7) is 0. The Morgan fingerprint density at radius 3 is 2.58 bits per heavy atom. The standard InChI is InChI=1S/C24H25FN6O2/c25-20-14-26-9-8-21(20)29-18-7-3-6-17(11-18)23(32)31-22(10-16-4-1-2-5-16)24(33)30-19-12-27-15-28-13-19/h3,6-9,11-16,22H,1-2,4-5,10H2,(H,26,29)(H,30,33)(H,31,32). The predicted octanol–water partition coefficient (Wildman–Crippen LogP) is 4.07. The lowest BCUT2D eigenvalue weighted by molar-refractivity contribution is -0.118. The molecule has 1 aliphatic rings. The van der Waals surface area contributed by atoms with Crippen LogP contribution in [0.1, 0.15) is 42.5 Å². The molecule has 170 valence electrons. The minimum absolute atomic E-state index is 0.256. The number of rotatable bonds is 8. The smallest absolute Gasteiger partial charge is 0.252 e. The highest BCUT2D eigenvalue weighted by atomic mass is 19.1. The van der Waals surface area contributed by atoms with Crippen LogP contribution in [0.25, 0.3) is 0 Å². The molecule has 0 bridgehead atoms. The highest BCUT2D eigenvalue weighted by Crippen LogP contribution is 2.29. The Morgan fingerprint density at radius 1 is 1.03 bits per heavy atom. The normalized spacial score (nSPS) is 14.5. The third-order valence-electron chi connectivity index (χ3n) is 5.67. The SMILES string of the molecule is O=C(NC(CC1CCCC1)C(=O)Nc1cncnc1)c1cccc(Nc2ccncc2F)c1. The summed E-state index contributed by atoms with van der Waals surface area (Å²) < 4.78 is 13.9. The van der Waals surface area contributed by atoms with E-state index < -0.39 is 11.9 Å². The van der Waals surface area contributed by atoms with Crippen LogP contribution in [-0.2, 0) is 4.79 Å². The van der Waals surface area contributed by atoms with Crippen LogP contribution in [0.5, 0.6) is 0 Å². The van der Waals surface area contributed by atoms with Crippen LogP contribution >= 0.6 is 0 Å². The van der Waals surface area contributed by atoms with Crippen LogP contribution < -0.4 is 16.0 Å². The van der Waals surface area contributed by atoms with Crippen LogP contribution in [-0.4, -0.2) is 32.8 Å². The molecule has 1 aromatic carbocycles. The van der Waals surface area contributed by atoms with Crippen molar-refractivity contribution < 1.29 is 14.0 Å². The molecule has 0 spiro atoms. The van der Waals surface area contributed by atoms with Crippen molar-refractivity contribution in [3.8, 4) is 0 Å². The van der Waals surface area contributed by atoms with Crippen molar-refractivity contribution in [2.24, 2.45) is 5.92 Å². The number of hydrogen-bond donors (Lipinski definition) is 3. The highest BCUT2D eigenvalue weighted by molar-refractivity contribution is 6.01. The lowest BCUT2D eigenvalue weighted by Crippen LogP contribution is -2.44. The Bertz CT molecular complexity index is 1100. The summed E-state index contributed by atoms with van der Waals surface area (Å²) >= 11 is 0. The number of carbonyl (C=O) groups is 2. The second kappa shape index (κ2) is 10.6. The van der Waals surface area contributed by atoms with E-state index in [1.165, 1.54) is 31.0 Å². The minimum atomic E-state index is -0.699. The molecule has 0 aliphatic heterocycles. The van der Waals surface area contributed by atoms with Crippen LogP contribution in [0.3, 0.4) is 0 Å². The van der Waals surface area contributed by atoms with E-state index in [9.17, 15) is 14.0 Å². The van der Waals surface area contributed by atoms with E-state index in [4.69, 9.17) is 0 Å². The fourth-order valence-electron chi connectivity index (χ4n) is 4.02. The van der Waals surface area contributed by atoms with Crippen molar-refractivity contribution in [2.75, 3.05) is 10.6 Å². The molecule has 3 N–H and O–H groups in total. The van der Waals surface area contributed by atoms with Gasteiger partial charge in [0.1, 0.15) is 12.4 Å². The summed E-state index contributed by atoms with van der Waals surface area (Å²) in [4.78, 5) is 37.5. The lowest BCUT2D eigenvalue weighted by atomic mass is 9.97. The summed E-state index contributed by atoms with van der Waals surface area (Å²) in [7, 11) is 0. The second-order valence-electron chi connectivity index (χ2n) is 8.09. The molecule has 9 heteroatoms. The zero-order valence-electron chi connectivity index (χ0n) is 18.0. The Labute approximate surface area is 191 Å². The Kier molecular flexibility index (Phi) is 7.19. The molecule has 1 aliphatic carbocycles.